The average molecular weight is 477 g/mol. The molecule has 1 aliphatic rings. The van der Waals surface area contributed by atoms with Crippen molar-refractivity contribution in [1.29, 1.82) is 5.26 Å². The lowest BCUT2D eigenvalue weighted by molar-refractivity contribution is -0.121. The number of fused-ring (bicyclic) bond motifs is 1. The van der Waals surface area contributed by atoms with Crippen molar-refractivity contribution in [3.63, 3.8) is 0 Å². The lowest BCUT2D eigenvalue weighted by atomic mass is 10.1. The van der Waals surface area contributed by atoms with Crippen LogP contribution in [-0.2, 0) is 11.2 Å². The molecule has 2 aromatic carbocycles. The zero-order valence-electron chi connectivity index (χ0n) is 18.9. The monoisotopic (exact) mass is 477 g/mol. The topological polar surface area (TPSA) is 132 Å². The second-order valence-corrected chi connectivity index (χ2v) is 7.94. The van der Waals surface area contributed by atoms with Gasteiger partial charge in [-0.15, -0.1) is 0 Å². The van der Waals surface area contributed by atoms with Gasteiger partial charge in [-0.05, 0) is 55.3 Å². The summed E-state index contributed by atoms with van der Waals surface area (Å²) in [5, 5.41) is 16.6. The molecular formula is C25H24FN5O4. The molecule has 0 atom stereocenters. The standard InChI is InChI=1S/C25H24FN5O4/c26-17-4-6-18(7-5-17)31-25(28)19(15-27)20(30-31)2-1-11-29-24(33)10-8-21(32)16-3-9-22-23(14-16)35-13-12-34-22/h3-7,9,14H,1-2,8,10-13,28H2,(H,29,33). The van der Waals surface area contributed by atoms with E-state index in [9.17, 15) is 19.2 Å². The Balaban J connectivity index is 1.25. The van der Waals surface area contributed by atoms with Crippen LogP contribution in [0.3, 0.4) is 0 Å². The number of ketones is 1. The van der Waals surface area contributed by atoms with E-state index in [0.717, 1.165) is 0 Å². The molecule has 0 spiro atoms. The fourth-order valence-corrected chi connectivity index (χ4v) is 3.71. The number of anilines is 1. The van der Waals surface area contributed by atoms with E-state index in [4.69, 9.17) is 15.2 Å². The van der Waals surface area contributed by atoms with Crippen molar-refractivity contribution >= 4 is 17.5 Å². The van der Waals surface area contributed by atoms with Crippen LogP contribution in [0, 0.1) is 17.1 Å². The summed E-state index contributed by atoms with van der Waals surface area (Å²) in [5.74, 6) is 0.533. The van der Waals surface area contributed by atoms with Gasteiger partial charge in [0.2, 0.25) is 5.91 Å². The van der Waals surface area contributed by atoms with E-state index in [1.54, 1.807) is 18.2 Å². The predicted octanol–water partition coefficient (Wildman–Crippen LogP) is 2.95. The summed E-state index contributed by atoms with van der Waals surface area (Å²) in [7, 11) is 0. The fraction of sp³-hybridized carbons (Fsp3) is 0.280. The molecule has 4 rings (SSSR count). The highest BCUT2D eigenvalue weighted by Crippen LogP contribution is 2.31. The molecule has 1 amide bonds. The van der Waals surface area contributed by atoms with E-state index >= 15 is 0 Å². The first-order valence-electron chi connectivity index (χ1n) is 11.2. The number of nitrogens with one attached hydrogen (secondary N) is 1. The average Bonchev–Trinajstić information content (AvgIpc) is 3.20. The third kappa shape index (κ3) is 5.58. The second kappa shape index (κ2) is 10.7. The maximum absolute atomic E-state index is 13.2. The minimum atomic E-state index is -0.385. The second-order valence-electron chi connectivity index (χ2n) is 7.94. The number of rotatable bonds is 9. The molecule has 1 aromatic heterocycles. The van der Waals surface area contributed by atoms with Crippen LogP contribution in [0.4, 0.5) is 10.2 Å². The number of hydrogen-bond acceptors (Lipinski definition) is 7. The quantitative estimate of drug-likeness (QED) is 0.358. The molecule has 3 N–H and O–H groups in total. The number of halogens is 1. The molecule has 0 saturated carbocycles. The van der Waals surface area contributed by atoms with Crippen molar-refractivity contribution in [3.05, 3.63) is 65.1 Å². The van der Waals surface area contributed by atoms with Crippen molar-refractivity contribution in [2.24, 2.45) is 0 Å². The zero-order valence-corrected chi connectivity index (χ0v) is 18.9. The summed E-state index contributed by atoms with van der Waals surface area (Å²) in [5.41, 5.74) is 7.83. The first-order chi connectivity index (χ1) is 17.0. The smallest absolute Gasteiger partial charge is 0.220 e. The summed E-state index contributed by atoms with van der Waals surface area (Å²) in [6, 6.07) is 12.7. The molecule has 1 aliphatic heterocycles. The summed E-state index contributed by atoms with van der Waals surface area (Å²) >= 11 is 0. The van der Waals surface area contributed by atoms with Crippen LogP contribution in [0.25, 0.3) is 5.69 Å². The fourth-order valence-electron chi connectivity index (χ4n) is 3.71. The first kappa shape index (κ1) is 23.8. The molecular weight excluding hydrogens is 453 g/mol. The maximum Gasteiger partial charge on any atom is 0.220 e. The molecule has 0 aliphatic carbocycles. The minimum absolute atomic E-state index is 0.0584. The van der Waals surface area contributed by atoms with E-state index in [1.807, 2.05) is 0 Å². The molecule has 180 valence electrons. The first-order valence-corrected chi connectivity index (χ1v) is 11.2. The maximum atomic E-state index is 13.2. The number of nitrogens with zero attached hydrogens (tertiary/aromatic N) is 3. The Bertz CT molecular complexity index is 1280. The minimum Gasteiger partial charge on any atom is -0.486 e. The highest BCUT2D eigenvalue weighted by molar-refractivity contribution is 5.98. The Morgan fingerprint density at radius 2 is 1.86 bits per heavy atom. The number of amides is 1. The Hall–Kier alpha value is -4.39. The molecule has 0 unspecified atom stereocenters. The number of benzene rings is 2. The van der Waals surface area contributed by atoms with Gasteiger partial charge in [0.25, 0.3) is 0 Å². The number of nitrogens with two attached hydrogens (primary N) is 1. The van der Waals surface area contributed by atoms with Crippen LogP contribution < -0.4 is 20.5 Å². The van der Waals surface area contributed by atoms with Crippen molar-refractivity contribution in [3.8, 4) is 23.3 Å². The molecule has 10 heteroatoms. The van der Waals surface area contributed by atoms with E-state index in [1.165, 1.54) is 28.9 Å². The largest absolute Gasteiger partial charge is 0.486 e. The molecule has 2 heterocycles. The number of carbonyl (C=O) groups excluding carboxylic acids is 2. The number of Topliss-reactive ketones (excluding diaryl/α,β-unsaturated/α-hetero) is 1. The van der Waals surface area contributed by atoms with Gasteiger partial charge in [0.05, 0.1) is 11.4 Å². The van der Waals surface area contributed by atoms with Crippen molar-refractivity contribution < 1.29 is 23.5 Å². The van der Waals surface area contributed by atoms with Crippen molar-refractivity contribution in [1.82, 2.24) is 15.1 Å². The summed E-state index contributed by atoms with van der Waals surface area (Å²) in [6.45, 7) is 1.26. The van der Waals surface area contributed by atoms with Gasteiger partial charge in [-0.2, -0.15) is 10.4 Å². The van der Waals surface area contributed by atoms with Gasteiger partial charge in [-0.25, -0.2) is 9.07 Å². The van der Waals surface area contributed by atoms with Gasteiger partial charge in [0.1, 0.15) is 36.5 Å². The number of nitriles is 1. The van der Waals surface area contributed by atoms with Crippen LogP contribution in [0.2, 0.25) is 0 Å². The van der Waals surface area contributed by atoms with Crippen molar-refractivity contribution in [2.75, 3.05) is 25.5 Å². The third-order valence-corrected chi connectivity index (χ3v) is 5.53. The van der Waals surface area contributed by atoms with E-state index < -0.39 is 0 Å². The summed E-state index contributed by atoms with van der Waals surface area (Å²) < 4.78 is 25.5. The van der Waals surface area contributed by atoms with Crippen LogP contribution in [0.5, 0.6) is 11.5 Å². The van der Waals surface area contributed by atoms with Crippen LogP contribution >= 0.6 is 0 Å². The highest BCUT2D eigenvalue weighted by Gasteiger charge is 2.18. The molecule has 0 saturated heterocycles. The molecule has 0 bridgehead atoms. The van der Waals surface area contributed by atoms with Gasteiger partial charge < -0.3 is 20.5 Å². The van der Waals surface area contributed by atoms with Gasteiger partial charge in [0, 0.05) is 24.9 Å². The number of ether oxygens (including phenoxy) is 2. The van der Waals surface area contributed by atoms with Gasteiger partial charge >= 0.3 is 0 Å². The molecule has 35 heavy (non-hydrogen) atoms. The Labute approximate surface area is 201 Å². The van der Waals surface area contributed by atoms with Gasteiger partial charge in [-0.3, -0.25) is 9.59 Å². The normalized spacial score (nSPS) is 12.1. The molecule has 9 nitrogen and oxygen atoms in total. The Morgan fingerprint density at radius 1 is 1.11 bits per heavy atom. The predicted molar refractivity (Wildman–Crippen MR) is 125 cm³/mol. The molecule has 3 aromatic rings. The highest BCUT2D eigenvalue weighted by atomic mass is 19.1. The van der Waals surface area contributed by atoms with Crippen LogP contribution in [-0.4, -0.2) is 41.2 Å². The molecule has 0 fully saturated rings. The van der Waals surface area contributed by atoms with Crippen molar-refractivity contribution in [2.45, 2.75) is 25.7 Å². The summed E-state index contributed by atoms with van der Waals surface area (Å²) in [6.07, 6.45) is 1.07. The number of aryl methyl sites for hydroxylation is 1. The number of nitrogen functional groups attached to an aromatic ring is 1. The lowest BCUT2D eigenvalue weighted by Gasteiger charge is -2.18. The van der Waals surface area contributed by atoms with Gasteiger partial charge in [-0.1, -0.05) is 0 Å². The van der Waals surface area contributed by atoms with E-state index in [0.29, 0.717) is 61.0 Å². The number of aromatic nitrogens is 2. The SMILES string of the molecule is N#Cc1c(CCCNC(=O)CCC(=O)c2ccc3c(c2)OCCO3)nn(-c2ccc(F)cc2)c1N. The van der Waals surface area contributed by atoms with Crippen LogP contribution in [0.15, 0.2) is 42.5 Å². The molecule has 0 radical (unpaired) electrons. The summed E-state index contributed by atoms with van der Waals surface area (Å²) in [4.78, 5) is 24.6. The van der Waals surface area contributed by atoms with Crippen LogP contribution in [0.1, 0.15) is 40.9 Å². The number of carbonyl (C=O) groups is 2. The van der Waals surface area contributed by atoms with E-state index in [2.05, 4.69) is 16.5 Å². The Morgan fingerprint density at radius 3 is 2.60 bits per heavy atom. The third-order valence-electron chi connectivity index (χ3n) is 5.53. The zero-order chi connectivity index (χ0) is 24.8. The number of hydrogen-bond donors (Lipinski definition) is 2. The van der Waals surface area contributed by atoms with Gasteiger partial charge in [0.15, 0.2) is 17.3 Å². The lowest BCUT2D eigenvalue weighted by Crippen LogP contribution is -2.25. The Kier molecular flexibility index (Phi) is 7.26. The van der Waals surface area contributed by atoms with E-state index in [-0.39, 0.29) is 41.7 Å².